The molecule has 2 rings (SSSR count). The summed E-state index contributed by atoms with van der Waals surface area (Å²) in [4.78, 5) is 15.0. The van der Waals surface area contributed by atoms with Gasteiger partial charge in [-0.25, -0.2) is 9.78 Å². The number of hydrogen-bond donors (Lipinski definition) is 1. The Balaban J connectivity index is 2.29. The minimum Gasteiger partial charge on any atom is -0.478 e. The number of nitrogens with zero attached hydrogens (tertiary/aromatic N) is 1. The molecule has 0 spiro atoms. The van der Waals surface area contributed by atoms with Gasteiger partial charge in [-0.15, -0.1) is 0 Å². The number of rotatable bonds is 3. The number of benzene rings is 1. The smallest absolute Gasteiger partial charge is 0.335 e. The summed E-state index contributed by atoms with van der Waals surface area (Å²) in [6.45, 7) is 1.71. The monoisotopic (exact) mass is 341 g/mol. The number of pyridine rings is 1. The molecule has 0 aliphatic carbocycles. The van der Waals surface area contributed by atoms with Crippen molar-refractivity contribution >= 4 is 33.5 Å². The molecule has 0 atom stereocenters. The molecule has 2 aromatic rings. The van der Waals surface area contributed by atoms with Crippen LogP contribution in [-0.2, 0) is 0 Å². The van der Waals surface area contributed by atoms with Gasteiger partial charge in [-0.3, -0.25) is 0 Å². The molecule has 0 bridgehead atoms. The minimum absolute atomic E-state index is 0.246. The molecule has 19 heavy (non-hydrogen) atoms. The van der Waals surface area contributed by atoms with E-state index in [1.807, 2.05) is 0 Å². The van der Waals surface area contributed by atoms with Gasteiger partial charge < -0.3 is 9.84 Å². The van der Waals surface area contributed by atoms with Crippen LogP contribution in [0, 0.1) is 6.92 Å². The number of aryl methyl sites for hydroxylation is 1. The van der Waals surface area contributed by atoms with Crippen LogP contribution in [0.4, 0.5) is 0 Å². The van der Waals surface area contributed by atoms with Gasteiger partial charge in [0.15, 0.2) is 0 Å². The lowest BCUT2D eigenvalue weighted by Gasteiger charge is -2.08. The van der Waals surface area contributed by atoms with Crippen LogP contribution in [0.5, 0.6) is 11.6 Å². The number of carboxylic acids is 1. The van der Waals surface area contributed by atoms with E-state index in [2.05, 4.69) is 20.9 Å². The number of aromatic nitrogens is 1. The molecule has 0 saturated carbocycles. The number of carboxylic acid groups (broad SMARTS) is 1. The SMILES string of the molecule is Cc1cc(Oc2ncc(Cl)cc2Br)ccc1C(=O)O. The highest BCUT2D eigenvalue weighted by Crippen LogP contribution is 2.30. The Morgan fingerprint density at radius 1 is 1.42 bits per heavy atom. The highest BCUT2D eigenvalue weighted by Gasteiger charge is 2.10. The third-order valence-corrected chi connectivity index (χ3v) is 3.19. The van der Waals surface area contributed by atoms with Gasteiger partial charge >= 0.3 is 5.97 Å². The predicted octanol–water partition coefficient (Wildman–Crippen LogP) is 4.30. The van der Waals surface area contributed by atoms with Crippen LogP contribution in [-0.4, -0.2) is 16.1 Å². The Kier molecular flexibility index (Phi) is 4.07. The highest BCUT2D eigenvalue weighted by molar-refractivity contribution is 9.10. The molecule has 1 aromatic heterocycles. The molecule has 6 heteroatoms. The van der Waals surface area contributed by atoms with Crippen LogP contribution in [0.3, 0.4) is 0 Å². The van der Waals surface area contributed by atoms with E-state index in [1.165, 1.54) is 12.3 Å². The molecule has 4 nitrogen and oxygen atoms in total. The zero-order chi connectivity index (χ0) is 14.0. The van der Waals surface area contributed by atoms with E-state index in [1.54, 1.807) is 25.1 Å². The summed E-state index contributed by atoms with van der Waals surface area (Å²) in [6.07, 6.45) is 1.47. The van der Waals surface area contributed by atoms with Crippen molar-refractivity contribution in [1.82, 2.24) is 4.98 Å². The molecule has 1 N–H and O–H groups in total. The summed E-state index contributed by atoms with van der Waals surface area (Å²) in [7, 11) is 0. The van der Waals surface area contributed by atoms with E-state index in [-0.39, 0.29) is 5.56 Å². The van der Waals surface area contributed by atoms with Gasteiger partial charge in [0.2, 0.25) is 5.88 Å². The van der Waals surface area contributed by atoms with Gasteiger partial charge in [-0.05, 0) is 52.7 Å². The average molecular weight is 343 g/mol. The van der Waals surface area contributed by atoms with Gasteiger partial charge in [0.25, 0.3) is 0 Å². The number of aromatic carboxylic acids is 1. The Morgan fingerprint density at radius 3 is 2.74 bits per heavy atom. The summed E-state index contributed by atoms with van der Waals surface area (Å²) in [6, 6.07) is 6.39. The first kappa shape index (κ1) is 13.8. The number of carbonyl (C=O) groups is 1. The number of ether oxygens (including phenoxy) is 1. The van der Waals surface area contributed by atoms with E-state index < -0.39 is 5.97 Å². The maximum Gasteiger partial charge on any atom is 0.335 e. The van der Waals surface area contributed by atoms with Crippen molar-refractivity contribution in [1.29, 1.82) is 0 Å². The maximum absolute atomic E-state index is 10.9. The molecule has 1 heterocycles. The molecule has 1 aromatic carbocycles. The second-order valence-electron chi connectivity index (χ2n) is 3.82. The Morgan fingerprint density at radius 2 is 2.16 bits per heavy atom. The van der Waals surface area contributed by atoms with Crippen LogP contribution in [0.25, 0.3) is 0 Å². The van der Waals surface area contributed by atoms with E-state index in [4.69, 9.17) is 21.4 Å². The van der Waals surface area contributed by atoms with Crippen molar-refractivity contribution < 1.29 is 14.6 Å². The molecule has 0 radical (unpaired) electrons. The average Bonchev–Trinajstić information content (AvgIpc) is 2.32. The third kappa shape index (κ3) is 3.24. The summed E-state index contributed by atoms with van der Waals surface area (Å²) in [5.74, 6) is -0.0836. The Hall–Kier alpha value is -1.59. The first-order valence-corrected chi connectivity index (χ1v) is 6.47. The first-order valence-electron chi connectivity index (χ1n) is 5.30. The molecule has 0 amide bonds. The molecule has 0 aliphatic rings. The van der Waals surface area contributed by atoms with E-state index in [9.17, 15) is 4.79 Å². The van der Waals surface area contributed by atoms with Gasteiger partial charge in [0.1, 0.15) is 5.75 Å². The summed E-state index contributed by atoms with van der Waals surface area (Å²) in [5, 5.41) is 9.44. The van der Waals surface area contributed by atoms with Gasteiger partial charge in [-0.2, -0.15) is 0 Å². The molecule has 98 valence electrons. The lowest BCUT2D eigenvalue weighted by molar-refractivity contribution is 0.0696. The maximum atomic E-state index is 10.9. The van der Waals surface area contributed by atoms with Crippen molar-refractivity contribution in [3.8, 4) is 11.6 Å². The molecule has 0 aliphatic heterocycles. The fraction of sp³-hybridized carbons (Fsp3) is 0.0769. The number of hydrogen-bond acceptors (Lipinski definition) is 3. The predicted molar refractivity (Wildman–Crippen MR) is 75.2 cm³/mol. The standard InChI is InChI=1S/C13H9BrClNO3/c1-7-4-9(2-3-10(7)13(17)18)19-12-11(14)5-8(15)6-16-12/h2-6H,1H3,(H,17,18). The van der Waals surface area contributed by atoms with Crippen LogP contribution in [0.1, 0.15) is 15.9 Å². The fourth-order valence-corrected chi connectivity index (χ4v) is 2.25. The van der Waals surface area contributed by atoms with Crippen LogP contribution < -0.4 is 4.74 Å². The number of halogens is 2. The Labute approximate surface area is 123 Å². The second-order valence-corrected chi connectivity index (χ2v) is 5.12. The summed E-state index contributed by atoms with van der Waals surface area (Å²) in [5.41, 5.74) is 0.866. The molecular weight excluding hydrogens is 334 g/mol. The van der Waals surface area contributed by atoms with Crippen molar-refractivity contribution in [2.24, 2.45) is 0 Å². The van der Waals surface area contributed by atoms with E-state index in [0.717, 1.165) is 0 Å². The molecule has 0 fully saturated rings. The zero-order valence-corrected chi connectivity index (χ0v) is 12.2. The van der Waals surface area contributed by atoms with Crippen molar-refractivity contribution in [2.45, 2.75) is 6.92 Å². The molecule has 0 saturated heterocycles. The van der Waals surface area contributed by atoms with E-state index >= 15 is 0 Å². The lowest BCUT2D eigenvalue weighted by atomic mass is 10.1. The lowest BCUT2D eigenvalue weighted by Crippen LogP contribution is -1.99. The molecular formula is C13H9BrClNO3. The van der Waals surface area contributed by atoms with Crippen LogP contribution in [0.2, 0.25) is 5.02 Å². The minimum atomic E-state index is -0.963. The Bertz CT molecular complexity index is 646. The van der Waals surface area contributed by atoms with Crippen molar-refractivity contribution in [3.05, 3.63) is 51.1 Å². The van der Waals surface area contributed by atoms with Crippen molar-refractivity contribution in [3.63, 3.8) is 0 Å². The van der Waals surface area contributed by atoms with Gasteiger partial charge in [0.05, 0.1) is 15.1 Å². The zero-order valence-electron chi connectivity index (χ0n) is 9.85. The van der Waals surface area contributed by atoms with Crippen molar-refractivity contribution in [2.75, 3.05) is 0 Å². The second kappa shape index (κ2) is 5.59. The highest BCUT2D eigenvalue weighted by atomic mass is 79.9. The van der Waals surface area contributed by atoms with E-state index in [0.29, 0.717) is 26.7 Å². The van der Waals surface area contributed by atoms with Crippen LogP contribution in [0.15, 0.2) is 34.9 Å². The fourth-order valence-electron chi connectivity index (χ4n) is 1.53. The van der Waals surface area contributed by atoms with Gasteiger partial charge in [-0.1, -0.05) is 11.6 Å². The van der Waals surface area contributed by atoms with Gasteiger partial charge in [0, 0.05) is 6.20 Å². The molecule has 0 unspecified atom stereocenters. The summed E-state index contributed by atoms with van der Waals surface area (Å²) >= 11 is 9.08. The van der Waals surface area contributed by atoms with Crippen LogP contribution >= 0.6 is 27.5 Å². The quantitative estimate of drug-likeness (QED) is 0.903. The topological polar surface area (TPSA) is 59.4 Å². The largest absolute Gasteiger partial charge is 0.478 e. The summed E-state index contributed by atoms with van der Waals surface area (Å²) < 4.78 is 6.20. The third-order valence-electron chi connectivity index (χ3n) is 2.42. The first-order chi connectivity index (χ1) is 8.97. The normalized spacial score (nSPS) is 10.3.